The fourth-order valence-electron chi connectivity index (χ4n) is 5.60. The fraction of sp³-hybridized carbons (Fsp3) is 0.895. The van der Waals surface area contributed by atoms with Gasteiger partial charge in [-0.3, -0.25) is 9.59 Å². The van der Waals surface area contributed by atoms with Gasteiger partial charge in [0, 0.05) is 12.8 Å². The fourth-order valence-corrected chi connectivity index (χ4v) is 5.60. The van der Waals surface area contributed by atoms with Crippen LogP contribution in [0.5, 0.6) is 0 Å². The lowest BCUT2D eigenvalue weighted by Gasteiger charge is -2.12. The van der Waals surface area contributed by atoms with Crippen LogP contribution >= 0.6 is 0 Å². The Kier molecular flexibility index (Phi) is 26.8. The van der Waals surface area contributed by atoms with Crippen molar-refractivity contribution in [3.05, 3.63) is 12.2 Å². The van der Waals surface area contributed by atoms with Crippen molar-refractivity contribution in [2.75, 3.05) is 13.2 Å². The van der Waals surface area contributed by atoms with Crippen molar-refractivity contribution in [1.82, 2.24) is 0 Å². The molecule has 0 aromatic carbocycles. The molecule has 1 aliphatic heterocycles. The summed E-state index contributed by atoms with van der Waals surface area (Å²) in [5.41, 5.74) is 0. The first-order valence-electron chi connectivity index (χ1n) is 18.8. The van der Waals surface area contributed by atoms with Crippen LogP contribution in [0.3, 0.4) is 0 Å². The molecule has 3 unspecified atom stereocenters. The Bertz CT molecular complexity index is 707. The predicted molar refractivity (Wildman–Crippen MR) is 182 cm³/mol. The lowest BCUT2D eigenvalue weighted by molar-refractivity contribution is -0.152. The quantitative estimate of drug-likeness (QED) is 0.0348. The van der Waals surface area contributed by atoms with Crippen LogP contribution in [0.4, 0.5) is 0 Å². The highest BCUT2D eigenvalue weighted by Crippen LogP contribution is 2.30. The van der Waals surface area contributed by atoms with Crippen LogP contribution in [0.2, 0.25) is 0 Å². The third-order valence-electron chi connectivity index (χ3n) is 8.96. The molecule has 0 spiro atoms. The first-order valence-corrected chi connectivity index (χ1v) is 18.8. The Hall–Kier alpha value is -1.40. The second-order valence-electron chi connectivity index (χ2n) is 13.3. The Balaban J connectivity index is 1.82. The molecule has 1 saturated heterocycles. The molecule has 0 radical (unpaired) electrons. The van der Waals surface area contributed by atoms with Crippen molar-refractivity contribution >= 4 is 11.9 Å². The van der Waals surface area contributed by atoms with Gasteiger partial charge in [-0.25, -0.2) is 0 Å². The van der Waals surface area contributed by atoms with Crippen molar-refractivity contribution < 1.29 is 28.9 Å². The lowest BCUT2D eigenvalue weighted by atomic mass is 9.99. The van der Waals surface area contributed by atoms with E-state index in [1.54, 1.807) is 0 Å². The smallest absolute Gasteiger partial charge is 0.305 e. The minimum Gasteiger partial charge on any atom is -0.463 e. The van der Waals surface area contributed by atoms with E-state index in [1.807, 2.05) is 0 Å². The molecule has 1 fully saturated rings. The summed E-state index contributed by atoms with van der Waals surface area (Å²) >= 11 is 0. The van der Waals surface area contributed by atoms with Gasteiger partial charge < -0.3 is 19.3 Å². The molecular formula is C38H70O6. The van der Waals surface area contributed by atoms with Crippen molar-refractivity contribution in [2.24, 2.45) is 5.92 Å². The SMILES string of the molecule is CCCCCC1OC1C/C=C\CCCCCCCC(=O)OC[C@H](O)COC(=O)CCCCCCCCCCCCC(C)CC. The Labute approximate surface area is 271 Å². The van der Waals surface area contributed by atoms with E-state index in [-0.39, 0.29) is 25.2 Å². The number of unbranched alkanes of at least 4 members (excludes halogenated alkanes) is 16. The average Bonchev–Trinajstić information content (AvgIpc) is 3.78. The molecule has 0 aliphatic carbocycles. The maximum atomic E-state index is 11.9. The molecule has 1 heterocycles. The van der Waals surface area contributed by atoms with Gasteiger partial charge in [0.2, 0.25) is 0 Å². The summed E-state index contributed by atoms with van der Waals surface area (Å²) in [6, 6.07) is 0. The maximum absolute atomic E-state index is 11.9. The number of ether oxygens (including phenoxy) is 3. The number of hydrogen-bond donors (Lipinski definition) is 1. The van der Waals surface area contributed by atoms with Crippen LogP contribution < -0.4 is 0 Å². The van der Waals surface area contributed by atoms with Gasteiger partial charge in [-0.2, -0.15) is 0 Å². The van der Waals surface area contributed by atoms with E-state index in [4.69, 9.17) is 14.2 Å². The number of rotatable bonds is 32. The standard InChI is InChI=1S/C38H70O6/c1-4-6-21-27-35-36(44-35)28-23-18-14-11-12-16-20-25-30-38(41)43-32-34(39)31-42-37(40)29-24-19-15-10-8-7-9-13-17-22-26-33(3)5-2/h18,23,33-36,39H,4-17,19-22,24-32H2,1-3H3/b23-18-/t33?,34-,35?,36?/m1/s1. The van der Waals surface area contributed by atoms with E-state index in [1.165, 1.54) is 96.3 Å². The third-order valence-corrected chi connectivity index (χ3v) is 8.96. The van der Waals surface area contributed by atoms with Gasteiger partial charge in [-0.15, -0.1) is 0 Å². The number of hydrogen-bond acceptors (Lipinski definition) is 6. The number of carbonyl (C=O) groups excluding carboxylic acids is 2. The van der Waals surface area contributed by atoms with Gasteiger partial charge in [0.25, 0.3) is 0 Å². The first kappa shape index (κ1) is 40.6. The van der Waals surface area contributed by atoms with Gasteiger partial charge in [0.1, 0.15) is 19.3 Å². The summed E-state index contributed by atoms with van der Waals surface area (Å²) in [4.78, 5) is 23.9. The molecule has 0 bridgehead atoms. The third kappa shape index (κ3) is 25.9. The minimum absolute atomic E-state index is 0.120. The summed E-state index contributed by atoms with van der Waals surface area (Å²) in [6.45, 7) is 6.62. The molecule has 1 rings (SSSR count). The molecule has 44 heavy (non-hydrogen) atoms. The topological polar surface area (TPSA) is 85.4 Å². The maximum Gasteiger partial charge on any atom is 0.305 e. The van der Waals surface area contributed by atoms with Crippen molar-refractivity contribution in [3.63, 3.8) is 0 Å². The lowest BCUT2D eigenvalue weighted by Crippen LogP contribution is -2.25. The van der Waals surface area contributed by atoms with E-state index in [0.29, 0.717) is 25.0 Å². The number of aliphatic hydroxyl groups is 1. The highest BCUT2D eigenvalue weighted by Gasteiger charge is 2.36. The summed E-state index contributed by atoms with van der Waals surface area (Å²) < 4.78 is 16.0. The zero-order valence-corrected chi connectivity index (χ0v) is 29.0. The second-order valence-corrected chi connectivity index (χ2v) is 13.3. The second kappa shape index (κ2) is 29.0. The number of aliphatic hydroxyl groups excluding tert-OH is 1. The Morgan fingerprint density at radius 2 is 1.20 bits per heavy atom. The van der Waals surface area contributed by atoms with E-state index < -0.39 is 6.10 Å². The van der Waals surface area contributed by atoms with E-state index in [2.05, 4.69) is 32.9 Å². The van der Waals surface area contributed by atoms with Gasteiger partial charge in [-0.05, 0) is 44.4 Å². The number of esters is 2. The zero-order chi connectivity index (χ0) is 32.1. The largest absolute Gasteiger partial charge is 0.463 e. The van der Waals surface area contributed by atoms with Crippen LogP contribution in [-0.2, 0) is 23.8 Å². The molecule has 0 saturated carbocycles. The van der Waals surface area contributed by atoms with Crippen LogP contribution in [0, 0.1) is 5.92 Å². The van der Waals surface area contributed by atoms with Crippen LogP contribution in [-0.4, -0.2) is 48.6 Å². The van der Waals surface area contributed by atoms with Crippen LogP contribution in [0.1, 0.15) is 181 Å². The first-order chi connectivity index (χ1) is 21.5. The Morgan fingerprint density at radius 1 is 0.682 bits per heavy atom. The minimum atomic E-state index is -0.968. The van der Waals surface area contributed by atoms with Crippen molar-refractivity contribution in [3.8, 4) is 0 Å². The number of allylic oxidation sites excluding steroid dienone is 1. The van der Waals surface area contributed by atoms with Crippen LogP contribution in [0.25, 0.3) is 0 Å². The molecule has 6 heteroatoms. The molecule has 0 aromatic heterocycles. The van der Waals surface area contributed by atoms with Crippen LogP contribution in [0.15, 0.2) is 12.2 Å². The van der Waals surface area contributed by atoms with E-state index >= 15 is 0 Å². The van der Waals surface area contributed by atoms with Gasteiger partial charge in [0.05, 0.1) is 12.2 Å². The summed E-state index contributed by atoms with van der Waals surface area (Å²) in [5.74, 6) is 0.295. The van der Waals surface area contributed by atoms with Crippen molar-refractivity contribution in [1.29, 1.82) is 0 Å². The zero-order valence-electron chi connectivity index (χ0n) is 29.0. The van der Waals surface area contributed by atoms with Gasteiger partial charge >= 0.3 is 11.9 Å². The average molecular weight is 623 g/mol. The molecule has 1 aliphatic rings. The van der Waals surface area contributed by atoms with E-state index in [9.17, 15) is 14.7 Å². The predicted octanol–water partition coefficient (Wildman–Crippen LogP) is 10.2. The monoisotopic (exact) mass is 623 g/mol. The molecule has 258 valence electrons. The Morgan fingerprint density at radius 3 is 1.75 bits per heavy atom. The molecule has 6 nitrogen and oxygen atoms in total. The van der Waals surface area contributed by atoms with Crippen molar-refractivity contribution in [2.45, 2.75) is 200 Å². The summed E-state index contributed by atoms with van der Waals surface area (Å²) in [5, 5.41) is 10.00. The normalized spacial score (nSPS) is 17.5. The molecule has 4 atom stereocenters. The van der Waals surface area contributed by atoms with Gasteiger partial charge in [0.15, 0.2) is 0 Å². The summed E-state index contributed by atoms with van der Waals surface area (Å²) in [7, 11) is 0. The van der Waals surface area contributed by atoms with Gasteiger partial charge in [-0.1, -0.05) is 142 Å². The molecule has 1 N–H and O–H groups in total. The number of carbonyl (C=O) groups is 2. The molecule has 0 aromatic rings. The highest BCUT2D eigenvalue weighted by molar-refractivity contribution is 5.69. The number of epoxide rings is 1. The summed E-state index contributed by atoms with van der Waals surface area (Å²) in [6.07, 6.45) is 32.8. The van der Waals surface area contributed by atoms with E-state index in [0.717, 1.165) is 57.3 Å². The highest BCUT2D eigenvalue weighted by atomic mass is 16.6. The molecular weight excluding hydrogens is 552 g/mol. The molecule has 0 amide bonds.